The van der Waals surface area contributed by atoms with Gasteiger partial charge in [-0.05, 0) is 56.7 Å². The van der Waals surface area contributed by atoms with Gasteiger partial charge in [0.1, 0.15) is 0 Å². The molecule has 0 saturated carbocycles. The lowest BCUT2D eigenvalue weighted by Crippen LogP contribution is -2.14. The third-order valence-corrected chi connectivity index (χ3v) is 4.19. The molecule has 3 rings (SSSR count). The number of nitrogen functional groups attached to an aromatic ring is 2. The number of anilines is 4. The van der Waals surface area contributed by atoms with Gasteiger partial charge in [-0.15, -0.1) is 0 Å². The van der Waals surface area contributed by atoms with Crippen molar-refractivity contribution in [2.75, 3.05) is 22.1 Å². The summed E-state index contributed by atoms with van der Waals surface area (Å²) >= 11 is 0. The summed E-state index contributed by atoms with van der Waals surface area (Å²) in [6.07, 6.45) is 0.539. The molecule has 0 atom stereocenters. The monoisotopic (exact) mass is 390 g/mol. The summed E-state index contributed by atoms with van der Waals surface area (Å²) in [5.74, 6) is -0.317. The molecular formula is C23H26N4O2. The Morgan fingerprint density at radius 1 is 0.793 bits per heavy atom. The van der Waals surface area contributed by atoms with Crippen LogP contribution in [0, 0.1) is 20.8 Å². The van der Waals surface area contributed by atoms with Crippen LogP contribution >= 0.6 is 0 Å². The quantitative estimate of drug-likeness (QED) is 0.393. The number of carbonyl (C=O) groups is 2. The van der Waals surface area contributed by atoms with Crippen molar-refractivity contribution in [1.29, 1.82) is 0 Å². The van der Waals surface area contributed by atoms with Gasteiger partial charge in [0.15, 0.2) is 0 Å². The van der Waals surface area contributed by atoms with Gasteiger partial charge in [-0.3, -0.25) is 9.59 Å². The van der Waals surface area contributed by atoms with Gasteiger partial charge in [0.2, 0.25) is 6.41 Å². The number of benzene rings is 3. The minimum absolute atomic E-state index is 0.317. The van der Waals surface area contributed by atoms with E-state index < -0.39 is 0 Å². The lowest BCUT2D eigenvalue weighted by molar-refractivity contribution is -0.105. The maximum absolute atomic E-state index is 12.2. The molecule has 3 aromatic carbocycles. The molecule has 0 fully saturated rings. The lowest BCUT2D eigenvalue weighted by Gasteiger charge is -2.10. The average molecular weight is 390 g/mol. The molecule has 2 amide bonds. The topological polar surface area (TPSA) is 110 Å². The molecule has 0 aliphatic carbocycles. The molecule has 6 N–H and O–H groups in total. The number of nitrogens with one attached hydrogen (secondary N) is 2. The van der Waals surface area contributed by atoms with Gasteiger partial charge < -0.3 is 22.1 Å². The zero-order valence-electron chi connectivity index (χ0n) is 16.8. The number of hydrogen-bond donors (Lipinski definition) is 4. The summed E-state index contributed by atoms with van der Waals surface area (Å²) in [5, 5.41) is 5.18. The van der Waals surface area contributed by atoms with Crippen LogP contribution in [0.2, 0.25) is 0 Å². The van der Waals surface area contributed by atoms with Gasteiger partial charge in [-0.25, -0.2) is 0 Å². The molecule has 6 heteroatoms. The van der Waals surface area contributed by atoms with Crippen molar-refractivity contribution in [3.05, 3.63) is 82.9 Å². The SMILES string of the molecule is Cc1ccc(C(=O)Nc2ccc(NC=O)c(N)c2)c(N)c1.Cc1ccc(C)cc1. The number of nitrogens with two attached hydrogens (primary N) is 2. The number of rotatable bonds is 4. The minimum Gasteiger partial charge on any atom is -0.398 e. The second-order valence-corrected chi connectivity index (χ2v) is 6.76. The molecule has 6 nitrogen and oxygen atoms in total. The van der Waals surface area contributed by atoms with Crippen molar-refractivity contribution in [2.24, 2.45) is 0 Å². The Kier molecular flexibility index (Phi) is 7.37. The fourth-order valence-electron chi connectivity index (χ4n) is 2.56. The van der Waals surface area contributed by atoms with E-state index in [9.17, 15) is 9.59 Å². The summed E-state index contributed by atoms with van der Waals surface area (Å²) < 4.78 is 0. The molecule has 0 aromatic heterocycles. The van der Waals surface area contributed by atoms with Crippen molar-refractivity contribution in [2.45, 2.75) is 20.8 Å². The third-order valence-electron chi connectivity index (χ3n) is 4.19. The van der Waals surface area contributed by atoms with Crippen molar-refractivity contribution < 1.29 is 9.59 Å². The second-order valence-electron chi connectivity index (χ2n) is 6.76. The van der Waals surface area contributed by atoms with Gasteiger partial charge in [-0.2, -0.15) is 0 Å². The average Bonchev–Trinajstić information content (AvgIpc) is 2.67. The normalized spacial score (nSPS) is 9.76. The van der Waals surface area contributed by atoms with Gasteiger partial charge in [0, 0.05) is 11.4 Å². The molecule has 29 heavy (non-hydrogen) atoms. The van der Waals surface area contributed by atoms with Crippen LogP contribution in [-0.2, 0) is 4.79 Å². The van der Waals surface area contributed by atoms with Crippen LogP contribution in [0.1, 0.15) is 27.0 Å². The second kappa shape index (κ2) is 9.94. The largest absolute Gasteiger partial charge is 0.398 e. The van der Waals surface area contributed by atoms with E-state index in [0.29, 0.717) is 34.7 Å². The Morgan fingerprint density at radius 2 is 1.38 bits per heavy atom. The zero-order valence-corrected chi connectivity index (χ0v) is 16.8. The van der Waals surface area contributed by atoms with E-state index in [2.05, 4.69) is 48.7 Å². The van der Waals surface area contributed by atoms with E-state index in [1.807, 2.05) is 13.0 Å². The summed E-state index contributed by atoms with van der Waals surface area (Å²) in [4.78, 5) is 22.6. The predicted molar refractivity (Wildman–Crippen MR) is 120 cm³/mol. The molecule has 0 aliphatic rings. The summed E-state index contributed by atoms with van der Waals surface area (Å²) in [5.41, 5.74) is 17.4. The maximum Gasteiger partial charge on any atom is 0.257 e. The van der Waals surface area contributed by atoms with Crippen LogP contribution in [0.3, 0.4) is 0 Å². The van der Waals surface area contributed by atoms with E-state index in [-0.39, 0.29) is 5.91 Å². The van der Waals surface area contributed by atoms with E-state index in [4.69, 9.17) is 11.5 Å². The Morgan fingerprint density at radius 3 is 1.90 bits per heavy atom. The first-order chi connectivity index (χ1) is 13.8. The molecule has 0 spiro atoms. The van der Waals surface area contributed by atoms with Gasteiger partial charge in [0.25, 0.3) is 5.91 Å². The molecule has 0 heterocycles. The van der Waals surface area contributed by atoms with Gasteiger partial charge >= 0.3 is 0 Å². The number of aryl methyl sites for hydroxylation is 3. The molecule has 3 aromatic rings. The van der Waals surface area contributed by atoms with Crippen molar-refractivity contribution >= 4 is 35.1 Å². The Labute approximate surface area is 170 Å². The van der Waals surface area contributed by atoms with Crippen LogP contribution in [0.25, 0.3) is 0 Å². The first-order valence-electron chi connectivity index (χ1n) is 9.10. The maximum atomic E-state index is 12.2. The molecule has 150 valence electrons. The predicted octanol–water partition coefficient (Wildman–Crippen LogP) is 4.28. The molecule has 0 unspecified atom stereocenters. The highest BCUT2D eigenvalue weighted by atomic mass is 16.1. The summed E-state index contributed by atoms with van der Waals surface area (Å²) in [7, 11) is 0. The highest BCUT2D eigenvalue weighted by Crippen LogP contribution is 2.23. The molecule has 0 radical (unpaired) electrons. The number of amides is 2. The fourth-order valence-corrected chi connectivity index (χ4v) is 2.56. The highest BCUT2D eigenvalue weighted by Gasteiger charge is 2.10. The van der Waals surface area contributed by atoms with Crippen LogP contribution in [-0.4, -0.2) is 12.3 Å². The van der Waals surface area contributed by atoms with E-state index in [0.717, 1.165) is 5.56 Å². The molecule has 0 saturated heterocycles. The van der Waals surface area contributed by atoms with Gasteiger partial charge in [0.05, 0.1) is 16.9 Å². The first kappa shape index (κ1) is 21.5. The lowest BCUT2D eigenvalue weighted by atomic mass is 10.1. The van der Waals surface area contributed by atoms with Crippen molar-refractivity contribution in [3.8, 4) is 0 Å². The van der Waals surface area contributed by atoms with Crippen LogP contribution in [0.15, 0.2) is 60.7 Å². The highest BCUT2D eigenvalue weighted by molar-refractivity contribution is 6.08. The number of hydrogen-bond acceptors (Lipinski definition) is 4. The van der Waals surface area contributed by atoms with E-state index in [1.165, 1.54) is 11.1 Å². The summed E-state index contributed by atoms with van der Waals surface area (Å²) in [6.45, 7) is 6.09. The molecule has 0 aliphatic heterocycles. The summed E-state index contributed by atoms with van der Waals surface area (Å²) in [6, 6.07) is 18.5. The Balaban J connectivity index is 0.000000313. The van der Waals surface area contributed by atoms with E-state index >= 15 is 0 Å². The van der Waals surface area contributed by atoms with Crippen molar-refractivity contribution in [1.82, 2.24) is 0 Å². The molecular weight excluding hydrogens is 364 g/mol. The standard InChI is InChI=1S/C15H16N4O2.C8H10/c1-9-2-4-11(12(16)6-9)15(21)19-10-3-5-14(18-8-20)13(17)7-10;1-7-3-5-8(2)6-4-7/h2-8H,16-17H2,1H3,(H,18,20)(H,19,21);3-6H,1-2H3. The van der Waals surface area contributed by atoms with Gasteiger partial charge in [-0.1, -0.05) is 41.5 Å². The van der Waals surface area contributed by atoms with Crippen LogP contribution in [0.4, 0.5) is 22.7 Å². The number of carbonyl (C=O) groups excluding carboxylic acids is 2. The Bertz CT molecular complexity index is 977. The van der Waals surface area contributed by atoms with Crippen LogP contribution in [0.5, 0.6) is 0 Å². The zero-order chi connectivity index (χ0) is 21.4. The smallest absolute Gasteiger partial charge is 0.257 e. The third kappa shape index (κ3) is 6.39. The van der Waals surface area contributed by atoms with Crippen molar-refractivity contribution in [3.63, 3.8) is 0 Å². The molecule has 0 bridgehead atoms. The minimum atomic E-state index is -0.317. The Hall–Kier alpha value is -3.80. The van der Waals surface area contributed by atoms with Crippen LogP contribution < -0.4 is 22.1 Å². The fraction of sp³-hybridized carbons (Fsp3) is 0.130. The first-order valence-corrected chi connectivity index (χ1v) is 9.10. The van der Waals surface area contributed by atoms with E-state index in [1.54, 1.807) is 30.3 Å².